The Bertz CT molecular complexity index is 616. The molecule has 1 aromatic rings. The third kappa shape index (κ3) is 7.65. The Kier molecular flexibility index (Phi) is 7.85. The minimum atomic E-state index is -0.681. The van der Waals surface area contributed by atoms with E-state index in [0.717, 1.165) is 17.7 Å². The smallest absolute Gasteiger partial charge is 0.331 e. The molecular formula is C19H25NO5. The molecule has 0 aromatic heterocycles. The van der Waals surface area contributed by atoms with Gasteiger partial charge in [-0.2, -0.15) is 0 Å². The van der Waals surface area contributed by atoms with Gasteiger partial charge in [0.2, 0.25) is 5.91 Å². The third-order valence-electron chi connectivity index (χ3n) is 3.22. The van der Waals surface area contributed by atoms with Gasteiger partial charge in [-0.15, -0.1) is 0 Å². The number of carbonyl (C=O) groups is 3. The average molecular weight is 347 g/mol. The molecule has 0 bridgehead atoms. The van der Waals surface area contributed by atoms with Gasteiger partial charge in [0.1, 0.15) is 6.61 Å². The molecule has 0 fully saturated rings. The Balaban J connectivity index is 2.73. The number of amides is 1. The summed E-state index contributed by atoms with van der Waals surface area (Å²) in [5, 5.41) is 2.88. The number of carbonyl (C=O) groups excluding carboxylic acids is 3. The van der Waals surface area contributed by atoms with Crippen molar-refractivity contribution in [2.24, 2.45) is 5.41 Å². The number of ether oxygens (including phenoxy) is 2. The predicted molar refractivity (Wildman–Crippen MR) is 93.5 cm³/mol. The second-order valence-corrected chi connectivity index (χ2v) is 6.40. The molecule has 1 rings (SSSR count). The first-order valence-electron chi connectivity index (χ1n) is 8.11. The van der Waals surface area contributed by atoms with Crippen LogP contribution in [0.25, 0.3) is 0 Å². The van der Waals surface area contributed by atoms with E-state index in [9.17, 15) is 14.4 Å². The first-order chi connectivity index (χ1) is 11.7. The fourth-order valence-electron chi connectivity index (χ4n) is 1.82. The summed E-state index contributed by atoms with van der Waals surface area (Å²) in [4.78, 5) is 35.2. The number of esters is 2. The van der Waals surface area contributed by atoms with E-state index in [-0.39, 0.29) is 19.1 Å². The van der Waals surface area contributed by atoms with Gasteiger partial charge in [-0.05, 0) is 12.5 Å². The SMILES string of the molecule is CCOC(=O)/C=C/C(=O)OC[C@@H](NC(=O)C(C)(C)C)c1ccccc1. The lowest BCUT2D eigenvalue weighted by Crippen LogP contribution is -2.39. The summed E-state index contributed by atoms with van der Waals surface area (Å²) in [5.74, 6) is -1.45. The maximum Gasteiger partial charge on any atom is 0.331 e. The largest absolute Gasteiger partial charge is 0.463 e. The maximum atomic E-state index is 12.3. The van der Waals surface area contributed by atoms with E-state index in [0.29, 0.717) is 0 Å². The van der Waals surface area contributed by atoms with Gasteiger partial charge < -0.3 is 14.8 Å². The molecule has 1 N–H and O–H groups in total. The van der Waals surface area contributed by atoms with Crippen LogP contribution in [0.3, 0.4) is 0 Å². The molecule has 0 heterocycles. The highest BCUT2D eigenvalue weighted by Gasteiger charge is 2.25. The number of hydrogen-bond donors (Lipinski definition) is 1. The normalized spacial score (nSPS) is 12.5. The Labute approximate surface area is 148 Å². The van der Waals surface area contributed by atoms with Crippen LogP contribution in [-0.2, 0) is 23.9 Å². The molecule has 0 aliphatic heterocycles. The first kappa shape index (κ1) is 20.4. The van der Waals surface area contributed by atoms with Crippen LogP contribution >= 0.6 is 0 Å². The topological polar surface area (TPSA) is 81.7 Å². The van der Waals surface area contributed by atoms with Crippen molar-refractivity contribution in [3.05, 3.63) is 48.0 Å². The molecule has 0 unspecified atom stereocenters. The molecule has 6 nitrogen and oxygen atoms in total. The van der Waals surface area contributed by atoms with Crippen molar-refractivity contribution in [3.8, 4) is 0 Å². The number of hydrogen-bond acceptors (Lipinski definition) is 5. The zero-order valence-corrected chi connectivity index (χ0v) is 15.1. The van der Waals surface area contributed by atoms with Gasteiger partial charge >= 0.3 is 11.9 Å². The van der Waals surface area contributed by atoms with Crippen molar-refractivity contribution in [2.75, 3.05) is 13.2 Å². The maximum absolute atomic E-state index is 12.3. The van der Waals surface area contributed by atoms with Crippen molar-refractivity contribution in [3.63, 3.8) is 0 Å². The van der Waals surface area contributed by atoms with Crippen molar-refractivity contribution in [1.29, 1.82) is 0 Å². The Morgan fingerprint density at radius 2 is 1.60 bits per heavy atom. The summed E-state index contributed by atoms with van der Waals surface area (Å²) in [6.45, 7) is 7.27. The van der Waals surface area contributed by atoms with Crippen LogP contribution in [0, 0.1) is 5.41 Å². The lowest BCUT2D eigenvalue weighted by molar-refractivity contribution is -0.141. The quantitative estimate of drug-likeness (QED) is 0.605. The highest BCUT2D eigenvalue weighted by molar-refractivity contribution is 5.91. The lowest BCUT2D eigenvalue weighted by atomic mass is 9.94. The molecule has 0 radical (unpaired) electrons. The molecular weight excluding hydrogens is 322 g/mol. The minimum Gasteiger partial charge on any atom is -0.463 e. The van der Waals surface area contributed by atoms with E-state index in [1.165, 1.54) is 0 Å². The van der Waals surface area contributed by atoms with Crippen LogP contribution in [0.2, 0.25) is 0 Å². The Hall–Kier alpha value is -2.63. The van der Waals surface area contributed by atoms with E-state index in [2.05, 4.69) is 10.1 Å². The molecule has 25 heavy (non-hydrogen) atoms. The van der Waals surface area contributed by atoms with Crippen LogP contribution in [0.1, 0.15) is 39.3 Å². The van der Waals surface area contributed by atoms with Gasteiger partial charge in [0, 0.05) is 17.6 Å². The fourth-order valence-corrected chi connectivity index (χ4v) is 1.82. The van der Waals surface area contributed by atoms with Crippen molar-refractivity contribution in [2.45, 2.75) is 33.7 Å². The summed E-state index contributed by atoms with van der Waals surface area (Å²) in [6, 6.07) is 8.75. The molecule has 136 valence electrons. The predicted octanol–water partition coefficient (Wildman–Crippen LogP) is 2.55. The molecule has 0 saturated carbocycles. The molecule has 0 aliphatic rings. The van der Waals surface area contributed by atoms with Crippen LogP contribution in [0.5, 0.6) is 0 Å². The number of rotatable bonds is 7. The summed E-state index contributed by atoms with van der Waals surface area (Å²) < 4.78 is 9.84. The van der Waals surface area contributed by atoms with Crippen LogP contribution in [0.15, 0.2) is 42.5 Å². The Morgan fingerprint density at radius 1 is 1.04 bits per heavy atom. The summed E-state index contributed by atoms with van der Waals surface area (Å²) in [6.07, 6.45) is 2.02. The average Bonchev–Trinajstić information content (AvgIpc) is 2.56. The number of nitrogens with one attached hydrogen (secondary N) is 1. The zero-order valence-electron chi connectivity index (χ0n) is 15.1. The molecule has 0 aliphatic carbocycles. The van der Waals surface area contributed by atoms with Crippen molar-refractivity contribution >= 4 is 17.8 Å². The summed E-state index contributed by atoms with van der Waals surface area (Å²) in [7, 11) is 0. The molecule has 1 amide bonds. The van der Waals surface area contributed by atoms with Gasteiger partial charge in [-0.3, -0.25) is 4.79 Å². The monoisotopic (exact) mass is 347 g/mol. The molecule has 1 aromatic carbocycles. The third-order valence-corrected chi connectivity index (χ3v) is 3.22. The lowest BCUT2D eigenvalue weighted by Gasteiger charge is -2.24. The highest BCUT2D eigenvalue weighted by Crippen LogP contribution is 2.18. The Morgan fingerprint density at radius 3 is 2.12 bits per heavy atom. The van der Waals surface area contributed by atoms with E-state index in [4.69, 9.17) is 4.74 Å². The molecule has 0 spiro atoms. The second-order valence-electron chi connectivity index (χ2n) is 6.40. The van der Waals surface area contributed by atoms with E-state index < -0.39 is 23.4 Å². The van der Waals surface area contributed by atoms with Crippen LogP contribution in [0.4, 0.5) is 0 Å². The van der Waals surface area contributed by atoms with Crippen LogP contribution < -0.4 is 5.32 Å². The summed E-state index contributed by atoms with van der Waals surface area (Å²) >= 11 is 0. The minimum absolute atomic E-state index is 0.0438. The van der Waals surface area contributed by atoms with Crippen LogP contribution in [-0.4, -0.2) is 31.1 Å². The summed E-state index contributed by atoms with van der Waals surface area (Å²) in [5.41, 5.74) is 0.253. The fraction of sp³-hybridized carbons (Fsp3) is 0.421. The molecule has 1 atom stereocenters. The van der Waals surface area contributed by atoms with E-state index >= 15 is 0 Å². The zero-order chi connectivity index (χ0) is 18.9. The van der Waals surface area contributed by atoms with Gasteiger partial charge in [0.05, 0.1) is 12.6 Å². The standard InChI is InChI=1S/C19H25NO5/c1-5-24-16(21)11-12-17(22)25-13-15(14-9-7-6-8-10-14)20-18(23)19(2,3)4/h6-12,15H,5,13H2,1-4H3,(H,20,23)/b12-11+/t15-/m1/s1. The van der Waals surface area contributed by atoms with Crippen molar-refractivity contribution in [1.82, 2.24) is 5.32 Å². The molecule has 0 saturated heterocycles. The van der Waals surface area contributed by atoms with Gasteiger partial charge in [0.25, 0.3) is 0 Å². The van der Waals surface area contributed by atoms with E-state index in [1.54, 1.807) is 27.7 Å². The highest BCUT2D eigenvalue weighted by atomic mass is 16.5. The first-order valence-corrected chi connectivity index (χ1v) is 8.11. The van der Waals surface area contributed by atoms with Crippen molar-refractivity contribution < 1.29 is 23.9 Å². The van der Waals surface area contributed by atoms with Gasteiger partial charge in [-0.25, -0.2) is 9.59 Å². The van der Waals surface area contributed by atoms with Gasteiger partial charge in [0.15, 0.2) is 0 Å². The van der Waals surface area contributed by atoms with E-state index in [1.807, 2.05) is 30.3 Å². The molecule has 6 heteroatoms. The number of benzene rings is 1. The second kappa shape index (κ2) is 9.61. The van der Waals surface area contributed by atoms with Gasteiger partial charge in [-0.1, -0.05) is 51.1 Å².